The quantitative estimate of drug-likeness (QED) is 0.489. The van der Waals surface area contributed by atoms with Crippen molar-refractivity contribution in [3.8, 4) is 17.0 Å². The number of halogens is 4. The maximum absolute atomic E-state index is 14.6. The molecule has 1 saturated heterocycles. The summed E-state index contributed by atoms with van der Waals surface area (Å²) in [6.07, 6.45) is -1.45. The molecule has 172 valence electrons. The highest BCUT2D eigenvalue weighted by Crippen LogP contribution is 2.35. The summed E-state index contributed by atoms with van der Waals surface area (Å²) in [4.78, 5) is 30.5. The van der Waals surface area contributed by atoms with Crippen molar-refractivity contribution in [3.05, 3.63) is 53.6 Å². The zero-order valence-electron chi connectivity index (χ0n) is 16.9. The zero-order chi connectivity index (χ0) is 23.7. The van der Waals surface area contributed by atoms with Gasteiger partial charge in [-0.2, -0.15) is 8.78 Å². The van der Waals surface area contributed by atoms with E-state index < -0.39 is 41.9 Å². The Morgan fingerprint density at radius 3 is 2.58 bits per heavy atom. The average molecular weight is 463 g/mol. The minimum Gasteiger partial charge on any atom is -0.435 e. The van der Waals surface area contributed by atoms with Gasteiger partial charge in [0.2, 0.25) is 5.91 Å². The predicted molar refractivity (Wildman–Crippen MR) is 110 cm³/mol. The Bertz CT molecular complexity index is 1250. The minimum atomic E-state index is -3.16. The molecule has 0 aliphatic carbocycles. The number of hydrogen-bond donors (Lipinski definition) is 3. The van der Waals surface area contributed by atoms with Gasteiger partial charge >= 0.3 is 6.61 Å². The number of fused-ring (bicyclic) bond motifs is 1. The normalized spacial score (nSPS) is 17.2. The van der Waals surface area contributed by atoms with E-state index in [1.807, 2.05) is 0 Å². The van der Waals surface area contributed by atoms with Gasteiger partial charge in [-0.25, -0.2) is 13.8 Å². The molecule has 1 aliphatic heterocycles. The van der Waals surface area contributed by atoms with Gasteiger partial charge in [-0.05, 0) is 47.9 Å². The molecule has 0 bridgehead atoms. The van der Waals surface area contributed by atoms with Crippen LogP contribution in [0.5, 0.6) is 5.75 Å². The van der Waals surface area contributed by atoms with E-state index in [1.165, 1.54) is 30.3 Å². The van der Waals surface area contributed by atoms with Gasteiger partial charge in [0.15, 0.2) is 5.82 Å². The molecule has 7 nitrogen and oxygen atoms in total. The highest BCUT2D eigenvalue weighted by molar-refractivity contribution is 6.43. The van der Waals surface area contributed by atoms with E-state index in [2.05, 4.69) is 20.0 Å². The number of nitrogens with zero attached hydrogens (tertiary/aromatic N) is 1. The van der Waals surface area contributed by atoms with Gasteiger partial charge in [-0.3, -0.25) is 9.59 Å². The Balaban J connectivity index is 1.73. The number of nitrogens with one attached hydrogen (secondary N) is 2. The highest BCUT2D eigenvalue weighted by atomic mass is 19.3. The fourth-order valence-electron chi connectivity index (χ4n) is 3.65. The molecule has 1 atom stereocenters. The number of amides is 2. The summed E-state index contributed by atoms with van der Waals surface area (Å²) in [5, 5.41) is 12.3. The molecule has 11 heteroatoms. The fourth-order valence-corrected chi connectivity index (χ4v) is 3.65. The first-order valence-corrected chi connectivity index (χ1v) is 9.85. The molecule has 1 aromatic heterocycles. The second kappa shape index (κ2) is 9.02. The minimum absolute atomic E-state index is 0.00435. The van der Waals surface area contributed by atoms with Crippen LogP contribution in [0.15, 0.2) is 41.4 Å². The third-order valence-electron chi connectivity index (χ3n) is 5.14. The second-order valence-electron chi connectivity index (χ2n) is 7.31. The van der Waals surface area contributed by atoms with Crippen molar-refractivity contribution in [1.29, 1.82) is 0 Å². The van der Waals surface area contributed by atoms with Gasteiger partial charge < -0.3 is 20.1 Å². The van der Waals surface area contributed by atoms with Crippen molar-refractivity contribution in [1.82, 2.24) is 10.3 Å². The van der Waals surface area contributed by atoms with Crippen LogP contribution in [0.1, 0.15) is 12.0 Å². The molecular weight excluding hydrogens is 446 g/mol. The Morgan fingerprint density at radius 2 is 1.94 bits per heavy atom. The number of alkyl halides is 2. The van der Waals surface area contributed by atoms with E-state index in [9.17, 15) is 32.3 Å². The lowest BCUT2D eigenvalue weighted by Gasteiger charge is -2.07. The summed E-state index contributed by atoms with van der Waals surface area (Å²) in [5.74, 6) is -3.10. The maximum atomic E-state index is 14.6. The highest BCUT2D eigenvalue weighted by Gasteiger charge is 2.29. The Morgan fingerprint density at radius 1 is 1.21 bits per heavy atom. The average Bonchev–Trinajstić information content (AvgIpc) is 3.27. The van der Waals surface area contributed by atoms with Gasteiger partial charge in [0, 0.05) is 30.1 Å². The molecule has 2 heterocycles. The van der Waals surface area contributed by atoms with Gasteiger partial charge in [-0.1, -0.05) is 0 Å². The van der Waals surface area contributed by atoms with Crippen LogP contribution < -0.4 is 10.1 Å². The van der Waals surface area contributed by atoms with E-state index in [4.69, 9.17) is 0 Å². The number of β-amino-alcohol motifs (C(OH)–C–C–N with tert-alkyl or cyclic N) is 1. The molecule has 1 fully saturated rings. The SMILES string of the molecule is O=C(CCc1c(-c2ccc(F)cc2)[nH]c2c(F)cc(OC(F)F)cc12)N=C1C(=O)NC[C@H]1O. The lowest BCUT2D eigenvalue weighted by molar-refractivity contribution is -0.118. The van der Waals surface area contributed by atoms with Crippen molar-refractivity contribution in [2.24, 2.45) is 4.99 Å². The van der Waals surface area contributed by atoms with Crippen molar-refractivity contribution < 1.29 is 37.0 Å². The van der Waals surface area contributed by atoms with Crippen LogP contribution in [-0.2, 0) is 16.0 Å². The molecule has 3 N–H and O–H groups in total. The van der Waals surface area contributed by atoms with E-state index in [-0.39, 0.29) is 36.0 Å². The number of ether oxygens (including phenoxy) is 1. The van der Waals surface area contributed by atoms with Crippen LogP contribution in [0.3, 0.4) is 0 Å². The molecule has 2 aromatic carbocycles. The third kappa shape index (κ3) is 4.72. The molecule has 4 rings (SSSR count). The summed E-state index contributed by atoms with van der Waals surface area (Å²) >= 11 is 0. The number of carbonyl (C=O) groups is 2. The smallest absolute Gasteiger partial charge is 0.387 e. The number of H-pyrrole nitrogens is 1. The van der Waals surface area contributed by atoms with E-state index in [0.717, 1.165) is 6.07 Å². The topological polar surface area (TPSA) is 104 Å². The van der Waals surface area contributed by atoms with E-state index in [0.29, 0.717) is 16.8 Å². The number of carbonyl (C=O) groups excluding carboxylic acids is 2. The Kier molecular flexibility index (Phi) is 6.14. The van der Waals surface area contributed by atoms with E-state index in [1.54, 1.807) is 0 Å². The standard InChI is InChI=1S/C22H17F4N3O4/c23-11-3-1-10(2-4-11)18-13(5-6-17(31)28-20-16(30)9-27-21(20)32)14-7-12(33-22(25)26)8-15(24)19(14)29-18/h1-4,7-8,16,22,29-30H,5-6,9H2,(H,27,32)/t16-/m1/s1. The number of aromatic nitrogens is 1. The second-order valence-corrected chi connectivity index (χ2v) is 7.31. The summed E-state index contributed by atoms with van der Waals surface area (Å²) in [6, 6.07) is 7.31. The number of aryl methyl sites for hydroxylation is 1. The third-order valence-corrected chi connectivity index (χ3v) is 5.14. The molecule has 2 amide bonds. The van der Waals surface area contributed by atoms with Crippen molar-refractivity contribution in [2.75, 3.05) is 6.54 Å². The summed E-state index contributed by atoms with van der Waals surface area (Å²) in [6.45, 7) is -3.21. The van der Waals surface area contributed by atoms with Crippen LogP contribution >= 0.6 is 0 Å². The number of rotatable bonds is 6. The lowest BCUT2D eigenvalue weighted by atomic mass is 10.0. The van der Waals surface area contributed by atoms with Crippen molar-refractivity contribution in [3.63, 3.8) is 0 Å². The Hall–Kier alpha value is -3.73. The van der Waals surface area contributed by atoms with Crippen LogP contribution in [0.4, 0.5) is 17.6 Å². The lowest BCUT2D eigenvalue weighted by Crippen LogP contribution is -2.23. The number of aromatic amines is 1. The Labute approximate surface area is 184 Å². The van der Waals surface area contributed by atoms with Crippen LogP contribution in [0.2, 0.25) is 0 Å². The van der Waals surface area contributed by atoms with Crippen molar-refractivity contribution in [2.45, 2.75) is 25.6 Å². The van der Waals surface area contributed by atoms with Crippen LogP contribution in [-0.4, -0.2) is 46.9 Å². The zero-order valence-corrected chi connectivity index (χ0v) is 16.9. The van der Waals surface area contributed by atoms with Crippen LogP contribution in [0.25, 0.3) is 22.2 Å². The molecule has 0 radical (unpaired) electrons. The first-order valence-electron chi connectivity index (χ1n) is 9.85. The monoisotopic (exact) mass is 463 g/mol. The molecular formula is C22H17F4N3O4. The van der Waals surface area contributed by atoms with Gasteiger partial charge in [0.1, 0.15) is 23.4 Å². The maximum Gasteiger partial charge on any atom is 0.387 e. The summed E-state index contributed by atoms with van der Waals surface area (Å²) in [7, 11) is 0. The number of aliphatic hydroxyl groups is 1. The molecule has 33 heavy (non-hydrogen) atoms. The molecule has 3 aromatic rings. The number of hydrogen-bond acceptors (Lipinski definition) is 4. The van der Waals surface area contributed by atoms with Crippen molar-refractivity contribution >= 4 is 28.4 Å². The van der Waals surface area contributed by atoms with E-state index >= 15 is 0 Å². The molecule has 1 aliphatic rings. The molecule has 0 spiro atoms. The first-order chi connectivity index (χ1) is 15.7. The number of aliphatic imine (C=N–C) groups is 1. The summed E-state index contributed by atoms with van der Waals surface area (Å²) < 4.78 is 57.7. The largest absolute Gasteiger partial charge is 0.435 e. The van der Waals surface area contributed by atoms with Crippen LogP contribution in [0, 0.1) is 11.6 Å². The summed E-state index contributed by atoms with van der Waals surface area (Å²) in [5.41, 5.74) is 0.923. The number of aliphatic hydroxyl groups excluding tert-OH is 1. The number of benzene rings is 2. The first kappa shape index (κ1) is 22.5. The fraction of sp³-hybridized carbons (Fsp3) is 0.227. The molecule has 0 saturated carbocycles. The predicted octanol–water partition coefficient (Wildman–Crippen LogP) is 3.11. The van der Waals surface area contributed by atoms with Gasteiger partial charge in [0.05, 0.1) is 5.52 Å². The van der Waals surface area contributed by atoms with Gasteiger partial charge in [-0.15, -0.1) is 0 Å². The molecule has 0 unspecified atom stereocenters. The van der Waals surface area contributed by atoms with Gasteiger partial charge in [0.25, 0.3) is 5.91 Å².